The quantitative estimate of drug-likeness (QED) is 0.316. The molecular weight excluding hydrogens is 604 g/mol. The Morgan fingerprint density at radius 3 is 2.66 bits per heavy atom. The fourth-order valence-corrected chi connectivity index (χ4v) is 6.23. The van der Waals surface area contributed by atoms with E-state index in [0.29, 0.717) is 71.3 Å². The molecule has 4 aromatic rings. The first-order valence-corrected chi connectivity index (χ1v) is 15.8. The number of morpholine rings is 1. The summed E-state index contributed by atoms with van der Waals surface area (Å²) in [4.78, 5) is 39.0. The minimum Gasteiger partial charge on any atom is -0.453 e. The molecule has 5 heterocycles. The smallest absolute Gasteiger partial charge is 0.410 e. The highest BCUT2D eigenvalue weighted by atomic mass is 16.7. The molecule has 0 saturated carbocycles. The second-order valence-electron chi connectivity index (χ2n) is 12.8. The Bertz CT molecular complexity index is 1830. The van der Waals surface area contributed by atoms with Crippen LogP contribution in [0.1, 0.15) is 50.0 Å². The molecule has 1 atom stereocenters. The Kier molecular flexibility index (Phi) is 7.96. The van der Waals surface area contributed by atoms with Crippen molar-refractivity contribution in [2.75, 3.05) is 62.1 Å². The number of amides is 2. The first kappa shape index (κ1) is 30.5. The number of nitrogen functional groups attached to an aromatic ring is 1. The molecule has 14 heteroatoms. The van der Waals surface area contributed by atoms with Crippen molar-refractivity contribution >= 4 is 40.2 Å². The van der Waals surface area contributed by atoms with Gasteiger partial charge in [0.25, 0.3) is 5.91 Å². The molecule has 7 rings (SSSR count). The summed E-state index contributed by atoms with van der Waals surface area (Å²) in [6.45, 7) is 9.38. The molecule has 3 aliphatic rings. The van der Waals surface area contributed by atoms with Crippen LogP contribution in [0, 0.1) is 0 Å². The number of nitrogens with two attached hydrogens (primary N) is 1. The van der Waals surface area contributed by atoms with E-state index < -0.39 is 5.60 Å². The van der Waals surface area contributed by atoms with Gasteiger partial charge in [-0.25, -0.2) is 19.4 Å². The first-order valence-electron chi connectivity index (χ1n) is 15.8. The Morgan fingerprint density at radius 2 is 1.85 bits per heavy atom. The van der Waals surface area contributed by atoms with Crippen LogP contribution in [0.4, 0.5) is 22.0 Å². The van der Waals surface area contributed by atoms with Crippen LogP contribution in [0.2, 0.25) is 0 Å². The summed E-state index contributed by atoms with van der Waals surface area (Å²) < 4.78 is 24.8. The average Bonchev–Trinajstić information content (AvgIpc) is 3.72. The number of fused-ring (bicyclic) bond motifs is 2. The minimum atomic E-state index is -0.599. The summed E-state index contributed by atoms with van der Waals surface area (Å²) in [5, 5.41) is 8.56. The van der Waals surface area contributed by atoms with E-state index in [0.717, 1.165) is 31.6 Å². The summed E-state index contributed by atoms with van der Waals surface area (Å²) in [6, 6.07) is 10.9. The predicted octanol–water partition coefficient (Wildman–Crippen LogP) is 4.47. The van der Waals surface area contributed by atoms with Crippen LogP contribution >= 0.6 is 0 Å². The highest BCUT2D eigenvalue weighted by Gasteiger charge is 2.33. The minimum absolute atomic E-state index is 0.0279. The van der Waals surface area contributed by atoms with Gasteiger partial charge in [-0.15, -0.1) is 0 Å². The van der Waals surface area contributed by atoms with Crippen LogP contribution < -0.4 is 25.4 Å². The number of piperidine rings is 1. The molecule has 0 unspecified atom stereocenters. The summed E-state index contributed by atoms with van der Waals surface area (Å²) in [7, 11) is 0. The second-order valence-corrected chi connectivity index (χ2v) is 12.8. The number of rotatable bonds is 5. The van der Waals surface area contributed by atoms with Crippen LogP contribution in [0.5, 0.6) is 11.5 Å². The Labute approximate surface area is 271 Å². The molecule has 2 saturated heterocycles. The van der Waals surface area contributed by atoms with Crippen molar-refractivity contribution in [2.45, 2.75) is 45.3 Å². The highest BCUT2D eigenvalue weighted by Crippen LogP contribution is 2.48. The number of likely N-dealkylation sites (tertiary alicyclic amines) is 1. The third kappa shape index (κ3) is 6.08. The molecule has 2 aromatic carbocycles. The van der Waals surface area contributed by atoms with Crippen LogP contribution in [0.25, 0.3) is 22.3 Å². The van der Waals surface area contributed by atoms with Gasteiger partial charge in [0.1, 0.15) is 23.4 Å². The standard InChI is InChI=1S/C33H38N8O6/c1-33(2,3)47-32(43)40-11-5-8-22(17-40)41-30-25(29(34)35-18-36-30)26(38-41)23-9-10-24(28-27(23)45-19-46-28)37-31(42)20-6-4-7-21(16-20)39-12-14-44-15-13-39/h4,6-7,9-10,16,18,22H,5,8,11-15,17,19H2,1-3H3,(H,37,42)(H2,34,35,36)/t22-/m1/s1. The third-order valence-electron chi connectivity index (χ3n) is 8.42. The van der Waals surface area contributed by atoms with Gasteiger partial charge >= 0.3 is 6.09 Å². The monoisotopic (exact) mass is 642 g/mol. The summed E-state index contributed by atoms with van der Waals surface area (Å²) in [5.41, 5.74) is 9.47. The maximum absolute atomic E-state index is 13.4. The topological polar surface area (TPSA) is 159 Å². The Morgan fingerprint density at radius 1 is 1.04 bits per heavy atom. The van der Waals surface area contributed by atoms with Crippen LogP contribution in [0.3, 0.4) is 0 Å². The van der Waals surface area contributed by atoms with Gasteiger partial charge < -0.3 is 39.8 Å². The number of nitrogens with zero attached hydrogens (tertiary/aromatic N) is 6. The van der Waals surface area contributed by atoms with Gasteiger partial charge in [-0.05, 0) is 63.9 Å². The highest BCUT2D eigenvalue weighted by molar-refractivity contribution is 6.07. The van der Waals surface area contributed by atoms with Gasteiger partial charge in [0, 0.05) is 43.0 Å². The molecule has 3 aliphatic heterocycles. The van der Waals surface area contributed by atoms with Crippen molar-refractivity contribution in [3.05, 3.63) is 48.3 Å². The van der Waals surface area contributed by atoms with Crippen molar-refractivity contribution in [3.63, 3.8) is 0 Å². The zero-order valence-corrected chi connectivity index (χ0v) is 26.7. The number of ether oxygens (including phenoxy) is 4. The first-order chi connectivity index (χ1) is 22.7. The van der Waals surface area contributed by atoms with Gasteiger partial charge in [-0.2, -0.15) is 5.10 Å². The number of carbonyl (C=O) groups excluding carboxylic acids is 2. The lowest BCUT2D eigenvalue weighted by Gasteiger charge is -2.34. The van der Waals surface area contributed by atoms with Gasteiger partial charge in [-0.3, -0.25) is 4.79 Å². The van der Waals surface area contributed by atoms with E-state index >= 15 is 0 Å². The van der Waals surface area contributed by atoms with Crippen molar-refractivity contribution in [3.8, 4) is 22.8 Å². The van der Waals surface area contributed by atoms with Crippen LogP contribution in [0.15, 0.2) is 42.7 Å². The Balaban J connectivity index is 1.19. The molecule has 47 heavy (non-hydrogen) atoms. The number of anilines is 3. The zero-order valence-electron chi connectivity index (χ0n) is 26.7. The van der Waals surface area contributed by atoms with E-state index in [1.165, 1.54) is 6.33 Å². The molecule has 2 aromatic heterocycles. The fraction of sp³-hybridized carbons (Fsp3) is 0.424. The van der Waals surface area contributed by atoms with E-state index in [1.54, 1.807) is 17.0 Å². The number of nitrogens with one attached hydrogen (secondary N) is 1. The molecule has 0 bridgehead atoms. The molecule has 0 spiro atoms. The number of benzene rings is 2. The molecule has 3 N–H and O–H groups in total. The molecule has 0 aliphatic carbocycles. The van der Waals surface area contributed by atoms with Gasteiger partial charge in [0.15, 0.2) is 17.1 Å². The van der Waals surface area contributed by atoms with Gasteiger partial charge in [-0.1, -0.05) is 6.07 Å². The molecular formula is C33H38N8O6. The zero-order chi connectivity index (χ0) is 32.7. The molecule has 0 radical (unpaired) electrons. The van der Waals surface area contributed by atoms with Crippen molar-refractivity contribution in [1.82, 2.24) is 24.6 Å². The summed E-state index contributed by atoms with van der Waals surface area (Å²) >= 11 is 0. The third-order valence-corrected chi connectivity index (χ3v) is 8.42. The fourth-order valence-electron chi connectivity index (χ4n) is 6.23. The average molecular weight is 643 g/mol. The van der Waals surface area contributed by atoms with E-state index in [4.69, 9.17) is 29.8 Å². The number of carbonyl (C=O) groups is 2. The summed E-state index contributed by atoms with van der Waals surface area (Å²) in [6.07, 6.45) is 2.61. The van der Waals surface area contributed by atoms with E-state index in [-0.39, 0.29) is 30.7 Å². The Hall–Kier alpha value is -5.11. The largest absolute Gasteiger partial charge is 0.453 e. The maximum atomic E-state index is 13.4. The second kappa shape index (κ2) is 12.2. The number of hydrogen-bond donors (Lipinski definition) is 2. The molecule has 14 nitrogen and oxygen atoms in total. The van der Waals surface area contributed by atoms with Crippen LogP contribution in [-0.4, -0.2) is 88.4 Å². The van der Waals surface area contributed by atoms with E-state index in [1.807, 2.05) is 49.7 Å². The maximum Gasteiger partial charge on any atom is 0.410 e. The number of hydrogen-bond acceptors (Lipinski definition) is 11. The van der Waals surface area contributed by atoms with Crippen molar-refractivity contribution < 1.29 is 28.5 Å². The molecule has 2 amide bonds. The van der Waals surface area contributed by atoms with Crippen molar-refractivity contribution in [2.24, 2.45) is 0 Å². The van der Waals surface area contributed by atoms with Gasteiger partial charge in [0.2, 0.25) is 6.79 Å². The summed E-state index contributed by atoms with van der Waals surface area (Å²) in [5.74, 6) is 0.816. The SMILES string of the molecule is CC(C)(C)OC(=O)N1CCC[C@@H](n2nc(-c3ccc(NC(=O)c4cccc(N5CCOCC5)c4)c4c3OCO4)c3c(N)ncnc32)C1. The van der Waals surface area contributed by atoms with Crippen LogP contribution in [-0.2, 0) is 9.47 Å². The molecule has 246 valence electrons. The lowest BCUT2D eigenvalue weighted by molar-refractivity contribution is 0.0169. The normalized spacial score (nSPS) is 18.0. The van der Waals surface area contributed by atoms with Crippen molar-refractivity contribution in [1.29, 1.82) is 0 Å². The lowest BCUT2D eigenvalue weighted by Crippen LogP contribution is -2.43. The number of aromatic nitrogens is 4. The lowest BCUT2D eigenvalue weighted by atomic mass is 10.1. The van der Waals surface area contributed by atoms with E-state index in [2.05, 4.69) is 20.2 Å². The van der Waals surface area contributed by atoms with Gasteiger partial charge in [0.05, 0.1) is 30.3 Å². The molecule has 2 fully saturated rings. The predicted molar refractivity (Wildman–Crippen MR) is 175 cm³/mol. The van der Waals surface area contributed by atoms with E-state index in [9.17, 15) is 9.59 Å².